The molecule has 0 aromatic carbocycles. The summed E-state index contributed by atoms with van der Waals surface area (Å²) in [6, 6.07) is 0. The first kappa shape index (κ1) is 25.2. The standard InChI is InChI=1S/C21H39N3O6/c1-2-3-4-5-6-7-8-9-10-11-12-24-13-16(22-23-24)15-29-21-20(28)19(27)18(26)17(14-25)30-21/h13,17-21,25-28H,2-12,14-15H2,1H3/t17-,18+,19+,20-,21-/m1/s1. The van der Waals surface area contributed by atoms with Crippen LogP contribution in [0.15, 0.2) is 6.20 Å². The van der Waals surface area contributed by atoms with Crippen LogP contribution in [-0.2, 0) is 22.6 Å². The zero-order valence-corrected chi connectivity index (χ0v) is 18.1. The van der Waals surface area contributed by atoms with Crippen molar-refractivity contribution in [1.82, 2.24) is 15.0 Å². The second-order valence-corrected chi connectivity index (χ2v) is 8.16. The summed E-state index contributed by atoms with van der Waals surface area (Å²) in [5, 5.41) is 46.9. The van der Waals surface area contributed by atoms with E-state index in [9.17, 15) is 20.4 Å². The van der Waals surface area contributed by atoms with Crippen molar-refractivity contribution < 1.29 is 29.9 Å². The number of aliphatic hydroxyl groups is 4. The maximum absolute atomic E-state index is 9.98. The van der Waals surface area contributed by atoms with E-state index in [0.29, 0.717) is 5.69 Å². The van der Waals surface area contributed by atoms with E-state index in [0.717, 1.165) is 13.0 Å². The summed E-state index contributed by atoms with van der Waals surface area (Å²) in [4.78, 5) is 0. The molecule has 1 aromatic rings. The molecular weight excluding hydrogens is 390 g/mol. The molecular formula is C21H39N3O6. The molecule has 9 heteroatoms. The van der Waals surface area contributed by atoms with Crippen molar-refractivity contribution in [1.29, 1.82) is 0 Å². The van der Waals surface area contributed by atoms with Gasteiger partial charge in [0.2, 0.25) is 0 Å². The Morgan fingerprint density at radius 2 is 1.57 bits per heavy atom. The molecule has 174 valence electrons. The van der Waals surface area contributed by atoms with Gasteiger partial charge in [0.25, 0.3) is 0 Å². The van der Waals surface area contributed by atoms with Gasteiger partial charge in [0.1, 0.15) is 30.1 Å². The lowest BCUT2D eigenvalue weighted by atomic mass is 9.99. The van der Waals surface area contributed by atoms with Gasteiger partial charge in [0.05, 0.1) is 19.4 Å². The van der Waals surface area contributed by atoms with Crippen LogP contribution in [0, 0.1) is 0 Å². The van der Waals surface area contributed by atoms with Crippen LogP contribution in [0.25, 0.3) is 0 Å². The van der Waals surface area contributed by atoms with Crippen LogP contribution in [-0.4, -0.2) is 72.7 Å². The highest BCUT2D eigenvalue weighted by atomic mass is 16.7. The molecule has 0 aliphatic carbocycles. The van der Waals surface area contributed by atoms with Gasteiger partial charge >= 0.3 is 0 Å². The minimum Gasteiger partial charge on any atom is -0.394 e. The van der Waals surface area contributed by atoms with Crippen molar-refractivity contribution in [2.45, 2.75) is 115 Å². The molecule has 5 atom stereocenters. The number of aryl methyl sites for hydroxylation is 1. The first-order valence-corrected chi connectivity index (χ1v) is 11.4. The maximum Gasteiger partial charge on any atom is 0.187 e. The van der Waals surface area contributed by atoms with Gasteiger partial charge in [0, 0.05) is 6.54 Å². The Labute approximate surface area is 179 Å². The lowest BCUT2D eigenvalue weighted by Crippen LogP contribution is -2.59. The molecule has 1 saturated heterocycles. The summed E-state index contributed by atoms with van der Waals surface area (Å²) in [5.41, 5.74) is 0.582. The van der Waals surface area contributed by atoms with Gasteiger partial charge in [-0.2, -0.15) is 0 Å². The van der Waals surface area contributed by atoms with Crippen LogP contribution >= 0.6 is 0 Å². The van der Waals surface area contributed by atoms with E-state index in [4.69, 9.17) is 9.47 Å². The zero-order chi connectivity index (χ0) is 21.8. The van der Waals surface area contributed by atoms with Crippen molar-refractivity contribution in [3.63, 3.8) is 0 Å². The van der Waals surface area contributed by atoms with Gasteiger partial charge < -0.3 is 29.9 Å². The van der Waals surface area contributed by atoms with Gasteiger partial charge in [-0.15, -0.1) is 5.10 Å². The summed E-state index contributed by atoms with van der Waals surface area (Å²) in [5.74, 6) is 0. The molecule has 0 radical (unpaired) electrons. The first-order chi connectivity index (χ1) is 14.6. The molecule has 1 aliphatic heterocycles. The van der Waals surface area contributed by atoms with E-state index in [1.165, 1.54) is 57.8 Å². The Kier molecular flexibility index (Phi) is 11.8. The van der Waals surface area contributed by atoms with Gasteiger partial charge in [-0.1, -0.05) is 69.9 Å². The van der Waals surface area contributed by atoms with Gasteiger partial charge in [-0.25, -0.2) is 0 Å². The molecule has 1 aromatic heterocycles. The van der Waals surface area contributed by atoms with Crippen LogP contribution in [0.3, 0.4) is 0 Å². The Bertz CT molecular complexity index is 571. The summed E-state index contributed by atoms with van der Waals surface area (Å²) in [6.07, 6.45) is 8.20. The average Bonchev–Trinajstić information content (AvgIpc) is 3.20. The number of rotatable bonds is 15. The quantitative estimate of drug-likeness (QED) is 0.309. The number of hydrogen-bond acceptors (Lipinski definition) is 8. The smallest absolute Gasteiger partial charge is 0.187 e. The fourth-order valence-electron chi connectivity index (χ4n) is 3.65. The van der Waals surface area contributed by atoms with E-state index in [1.807, 2.05) is 0 Å². The van der Waals surface area contributed by atoms with Crippen molar-refractivity contribution >= 4 is 0 Å². The molecule has 2 heterocycles. The molecule has 2 rings (SSSR count). The molecule has 0 spiro atoms. The molecule has 9 nitrogen and oxygen atoms in total. The largest absolute Gasteiger partial charge is 0.394 e. The number of hydrogen-bond donors (Lipinski definition) is 4. The van der Waals surface area contributed by atoms with E-state index in [1.54, 1.807) is 10.9 Å². The third-order valence-corrected chi connectivity index (χ3v) is 5.57. The Morgan fingerprint density at radius 3 is 2.20 bits per heavy atom. The molecule has 0 saturated carbocycles. The van der Waals surface area contributed by atoms with E-state index >= 15 is 0 Å². The highest BCUT2D eigenvalue weighted by Gasteiger charge is 2.44. The molecule has 0 bridgehead atoms. The van der Waals surface area contributed by atoms with Crippen molar-refractivity contribution in [3.8, 4) is 0 Å². The normalized spacial score (nSPS) is 26.9. The Hall–Kier alpha value is -1.10. The van der Waals surface area contributed by atoms with Crippen LogP contribution in [0.1, 0.15) is 76.8 Å². The number of ether oxygens (including phenoxy) is 2. The molecule has 30 heavy (non-hydrogen) atoms. The third-order valence-electron chi connectivity index (χ3n) is 5.57. The SMILES string of the molecule is CCCCCCCCCCCCn1cc(CO[C@@H]2O[C@H](CO)[C@H](O)[C@H](O)[C@H]2O)nn1. The van der Waals surface area contributed by atoms with Crippen LogP contribution in [0.2, 0.25) is 0 Å². The zero-order valence-electron chi connectivity index (χ0n) is 18.1. The number of nitrogens with zero attached hydrogens (tertiary/aromatic N) is 3. The number of aliphatic hydroxyl groups excluding tert-OH is 4. The summed E-state index contributed by atoms with van der Waals surface area (Å²) < 4.78 is 12.6. The van der Waals surface area contributed by atoms with E-state index in [2.05, 4.69) is 17.2 Å². The molecule has 0 unspecified atom stereocenters. The maximum atomic E-state index is 9.98. The number of aromatic nitrogens is 3. The van der Waals surface area contributed by atoms with Gasteiger partial charge in [-0.3, -0.25) is 4.68 Å². The molecule has 1 aliphatic rings. The first-order valence-electron chi connectivity index (χ1n) is 11.4. The van der Waals surface area contributed by atoms with Gasteiger partial charge in [0.15, 0.2) is 6.29 Å². The van der Waals surface area contributed by atoms with Crippen molar-refractivity contribution in [3.05, 3.63) is 11.9 Å². The van der Waals surface area contributed by atoms with E-state index in [-0.39, 0.29) is 6.61 Å². The third kappa shape index (κ3) is 8.20. The predicted octanol–water partition coefficient (Wildman–Crippen LogP) is 1.52. The highest BCUT2D eigenvalue weighted by molar-refractivity contribution is 4.92. The van der Waals surface area contributed by atoms with Gasteiger partial charge in [-0.05, 0) is 6.42 Å². The van der Waals surface area contributed by atoms with Crippen LogP contribution in [0.4, 0.5) is 0 Å². The van der Waals surface area contributed by atoms with Crippen LogP contribution < -0.4 is 0 Å². The summed E-state index contributed by atoms with van der Waals surface area (Å²) in [7, 11) is 0. The lowest BCUT2D eigenvalue weighted by molar-refractivity contribution is -0.304. The fourth-order valence-corrected chi connectivity index (χ4v) is 3.65. The molecule has 4 N–H and O–H groups in total. The van der Waals surface area contributed by atoms with E-state index < -0.39 is 37.3 Å². The van der Waals surface area contributed by atoms with Crippen molar-refractivity contribution in [2.75, 3.05) is 6.61 Å². The summed E-state index contributed by atoms with van der Waals surface area (Å²) in [6.45, 7) is 2.59. The Morgan fingerprint density at radius 1 is 0.933 bits per heavy atom. The fraction of sp³-hybridized carbons (Fsp3) is 0.905. The minimum absolute atomic E-state index is 0.0424. The van der Waals surface area contributed by atoms with Crippen LogP contribution in [0.5, 0.6) is 0 Å². The monoisotopic (exact) mass is 429 g/mol. The summed E-state index contributed by atoms with van der Waals surface area (Å²) >= 11 is 0. The number of unbranched alkanes of at least 4 members (excludes halogenated alkanes) is 9. The second-order valence-electron chi connectivity index (χ2n) is 8.16. The highest BCUT2D eigenvalue weighted by Crippen LogP contribution is 2.22. The lowest BCUT2D eigenvalue weighted by Gasteiger charge is -2.39. The Balaban J connectivity index is 1.59. The topological polar surface area (TPSA) is 130 Å². The average molecular weight is 430 g/mol. The van der Waals surface area contributed by atoms with Crippen molar-refractivity contribution in [2.24, 2.45) is 0 Å². The molecule has 0 amide bonds. The second kappa shape index (κ2) is 14.1. The minimum atomic E-state index is -1.45. The molecule has 1 fully saturated rings. The predicted molar refractivity (Wildman–Crippen MR) is 110 cm³/mol.